The van der Waals surface area contributed by atoms with Crippen LogP contribution in [-0.4, -0.2) is 43.6 Å². The van der Waals surface area contributed by atoms with E-state index in [4.69, 9.17) is 0 Å². The summed E-state index contributed by atoms with van der Waals surface area (Å²) in [6, 6.07) is 5.63. The van der Waals surface area contributed by atoms with Crippen molar-refractivity contribution in [2.24, 2.45) is 5.92 Å². The number of hydrogen-bond donors (Lipinski definition) is 1. The summed E-state index contributed by atoms with van der Waals surface area (Å²) in [4.78, 5) is 30.7. The number of piperidine rings is 1. The third kappa shape index (κ3) is 3.89. The molecule has 3 aromatic heterocycles. The van der Waals surface area contributed by atoms with Crippen LogP contribution < -0.4 is 5.69 Å². The lowest BCUT2D eigenvalue weighted by Gasteiger charge is -2.31. The monoisotopic (exact) mass is 447 g/mol. The number of pyridine rings is 1. The number of carbonyl (C=O) groups excluding carboxylic acids is 1. The van der Waals surface area contributed by atoms with Crippen LogP contribution in [0.1, 0.15) is 29.0 Å². The summed E-state index contributed by atoms with van der Waals surface area (Å²) in [5, 5.41) is 9.59. The molecule has 7 nitrogen and oxygen atoms in total. The summed E-state index contributed by atoms with van der Waals surface area (Å²) in [5.74, 6) is 1.16. The van der Waals surface area contributed by atoms with E-state index < -0.39 is 0 Å². The molecule has 0 unspecified atom stereocenters. The molecule has 0 spiro atoms. The molecule has 0 atom stereocenters. The van der Waals surface area contributed by atoms with Gasteiger partial charge < -0.3 is 4.90 Å². The molecule has 1 saturated heterocycles. The highest BCUT2D eigenvalue weighted by molar-refractivity contribution is 9.10. The third-order valence-corrected chi connectivity index (χ3v) is 6.08. The van der Waals surface area contributed by atoms with Gasteiger partial charge in [0.1, 0.15) is 10.8 Å². The minimum atomic E-state index is -0.206. The summed E-state index contributed by atoms with van der Waals surface area (Å²) in [5.41, 5.74) is 0.392. The number of aromatic amines is 1. The molecular formula is C18H18BrN5O2S. The van der Waals surface area contributed by atoms with Gasteiger partial charge in [-0.1, -0.05) is 0 Å². The Hall–Kier alpha value is -2.26. The predicted octanol–water partition coefficient (Wildman–Crippen LogP) is 2.87. The van der Waals surface area contributed by atoms with Crippen LogP contribution in [0.4, 0.5) is 0 Å². The van der Waals surface area contributed by atoms with Gasteiger partial charge in [0.15, 0.2) is 0 Å². The van der Waals surface area contributed by atoms with Crippen LogP contribution in [0.15, 0.2) is 45.2 Å². The molecule has 0 radical (unpaired) electrons. The number of carbonyl (C=O) groups is 1. The van der Waals surface area contributed by atoms with E-state index in [1.54, 1.807) is 23.0 Å². The predicted molar refractivity (Wildman–Crippen MR) is 106 cm³/mol. The van der Waals surface area contributed by atoms with E-state index in [-0.39, 0.29) is 11.6 Å². The Morgan fingerprint density at radius 3 is 2.85 bits per heavy atom. The van der Waals surface area contributed by atoms with E-state index in [0.717, 1.165) is 34.6 Å². The Kier molecular flexibility index (Phi) is 5.22. The lowest BCUT2D eigenvalue weighted by atomic mass is 9.93. The summed E-state index contributed by atoms with van der Waals surface area (Å²) >= 11 is 4.87. The average molecular weight is 448 g/mol. The zero-order chi connectivity index (χ0) is 18.8. The lowest BCUT2D eigenvalue weighted by Crippen LogP contribution is -2.39. The first-order chi connectivity index (χ1) is 13.1. The number of rotatable bonds is 4. The fourth-order valence-electron chi connectivity index (χ4n) is 3.40. The summed E-state index contributed by atoms with van der Waals surface area (Å²) in [6.07, 6.45) is 5.76. The van der Waals surface area contributed by atoms with Gasteiger partial charge in [-0.05, 0) is 58.3 Å². The second-order valence-electron chi connectivity index (χ2n) is 6.56. The van der Waals surface area contributed by atoms with Crippen molar-refractivity contribution in [3.8, 4) is 5.00 Å². The molecule has 1 aliphatic heterocycles. The first-order valence-corrected chi connectivity index (χ1v) is 10.4. The summed E-state index contributed by atoms with van der Waals surface area (Å²) < 4.78 is 2.45. The van der Waals surface area contributed by atoms with Crippen LogP contribution in [0.3, 0.4) is 0 Å². The maximum absolute atomic E-state index is 12.6. The molecule has 27 heavy (non-hydrogen) atoms. The molecule has 4 rings (SSSR count). The maximum Gasteiger partial charge on any atom is 0.348 e. The third-order valence-electron chi connectivity index (χ3n) is 4.79. The molecule has 140 valence electrons. The van der Waals surface area contributed by atoms with Gasteiger partial charge >= 0.3 is 5.69 Å². The van der Waals surface area contributed by atoms with Crippen LogP contribution in [0.25, 0.3) is 5.00 Å². The Labute approximate surface area is 168 Å². The molecule has 1 amide bonds. The van der Waals surface area contributed by atoms with E-state index in [9.17, 15) is 9.59 Å². The number of nitrogens with one attached hydrogen (secondary N) is 1. The Balaban J connectivity index is 1.41. The minimum absolute atomic E-state index is 0.0116. The van der Waals surface area contributed by atoms with Gasteiger partial charge in [0.25, 0.3) is 5.91 Å². The largest absolute Gasteiger partial charge is 0.348 e. The molecule has 9 heteroatoms. The van der Waals surface area contributed by atoms with E-state index in [1.165, 1.54) is 11.3 Å². The number of H-pyrrole nitrogens is 1. The molecular weight excluding hydrogens is 430 g/mol. The van der Waals surface area contributed by atoms with Crippen LogP contribution in [0.5, 0.6) is 0 Å². The van der Waals surface area contributed by atoms with Crippen molar-refractivity contribution in [3.63, 3.8) is 0 Å². The molecule has 0 bridgehead atoms. The minimum Gasteiger partial charge on any atom is -0.339 e. The molecule has 0 aliphatic carbocycles. The Bertz CT molecular complexity index is 989. The van der Waals surface area contributed by atoms with E-state index in [1.807, 2.05) is 22.4 Å². The molecule has 3 aromatic rings. The second-order valence-corrected chi connectivity index (χ2v) is 8.41. The Morgan fingerprint density at radius 2 is 2.15 bits per heavy atom. The van der Waals surface area contributed by atoms with Crippen molar-refractivity contribution >= 4 is 33.2 Å². The topological polar surface area (TPSA) is 83.9 Å². The molecule has 4 heterocycles. The summed E-state index contributed by atoms with van der Waals surface area (Å²) in [6.45, 7) is 1.40. The van der Waals surface area contributed by atoms with Gasteiger partial charge in [-0.2, -0.15) is 5.10 Å². The first kappa shape index (κ1) is 18.1. The normalized spacial score (nSPS) is 15.2. The first-order valence-electron chi connectivity index (χ1n) is 8.72. The second kappa shape index (κ2) is 7.77. The number of amides is 1. The average Bonchev–Trinajstić information content (AvgIpc) is 3.31. The van der Waals surface area contributed by atoms with Crippen molar-refractivity contribution in [2.45, 2.75) is 19.3 Å². The van der Waals surface area contributed by atoms with Gasteiger partial charge in [-0.3, -0.25) is 9.78 Å². The lowest BCUT2D eigenvalue weighted by molar-refractivity contribution is 0.0689. The molecule has 1 fully saturated rings. The molecule has 0 aromatic carbocycles. The smallest absolute Gasteiger partial charge is 0.339 e. The van der Waals surface area contributed by atoms with Gasteiger partial charge in [0.2, 0.25) is 0 Å². The number of nitrogens with zero attached hydrogens (tertiary/aromatic N) is 4. The highest BCUT2D eigenvalue weighted by Gasteiger charge is 2.26. The summed E-state index contributed by atoms with van der Waals surface area (Å²) in [7, 11) is 0. The quantitative estimate of drug-likeness (QED) is 0.666. The van der Waals surface area contributed by atoms with E-state index in [2.05, 4.69) is 31.1 Å². The highest BCUT2D eigenvalue weighted by atomic mass is 79.9. The van der Waals surface area contributed by atoms with Crippen molar-refractivity contribution in [3.05, 3.63) is 62.3 Å². The fourth-order valence-corrected chi connectivity index (χ4v) is 4.51. The number of halogens is 1. The van der Waals surface area contributed by atoms with Gasteiger partial charge in [-0.25, -0.2) is 14.5 Å². The van der Waals surface area contributed by atoms with E-state index in [0.29, 0.717) is 24.6 Å². The fraction of sp³-hybridized carbons (Fsp3) is 0.333. The van der Waals surface area contributed by atoms with E-state index >= 15 is 0 Å². The molecule has 1 N–H and O–H groups in total. The van der Waals surface area contributed by atoms with Gasteiger partial charge in [0, 0.05) is 36.4 Å². The highest BCUT2D eigenvalue weighted by Crippen LogP contribution is 2.24. The van der Waals surface area contributed by atoms with Crippen molar-refractivity contribution < 1.29 is 4.79 Å². The SMILES string of the molecule is O=C(c1cncc(Br)c1)N1CCC(Cc2n[nH]c(=O)n2-c2cccs2)CC1. The number of aromatic nitrogens is 4. The number of hydrogen-bond acceptors (Lipinski definition) is 5. The van der Waals surface area contributed by atoms with Crippen molar-refractivity contribution in [1.82, 2.24) is 24.6 Å². The number of likely N-dealkylation sites (tertiary alicyclic amines) is 1. The van der Waals surface area contributed by atoms with Crippen LogP contribution >= 0.6 is 27.3 Å². The van der Waals surface area contributed by atoms with Crippen LogP contribution in [0, 0.1) is 5.92 Å². The van der Waals surface area contributed by atoms with Gasteiger partial charge in [-0.15, -0.1) is 11.3 Å². The molecule has 1 aliphatic rings. The van der Waals surface area contributed by atoms with Gasteiger partial charge in [0.05, 0.1) is 5.56 Å². The van der Waals surface area contributed by atoms with Crippen molar-refractivity contribution in [1.29, 1.82) is 0 Å². The molecule has 0 saturated carbocycles. The van der Waals surface area contributed by atoms with Crippen LogP contribution in [-0.2, 0) is 6.42 Å². The zero-order valence-electron chi connectivity index (χ0n) is 14.5. The maximum atomic E-state index is 12.6. The Morgan fingerprint density at radius 1 is 1.33 bits per heavy atom. The standard InChI is InChI=1S/C18H18BrN5O2S/c19-14-9-13(10-20-11-14)17(25)23-5-3-12(4-6-23)8-15-21-22-18(26)24(15)16-2-1-7-27-16/h1-2,7,9-12H,3-6,8H2,(H,22,26). The zero-order valence-corrected chi connectivity index (χ0v) is 16.9. The van der Waals surface area contributed by atoms with Crippen molar-refractivity contribution in [2.75, 3.05) is 13.1 Å². The number of thiophene rings is 1. The van der Waals surface area contributed by atoms with Crippen LogP contribution in [0.2, 0.25) is 0 Å².